The summed E-state index contributed by atoms with van der Waals surface area (Å²) in [5.41, 5.74) is 6.25. The van der Waals surface area contributed by atoms with E-state index in [0.717, 1.165) is 30.8 Å². The standard InChI is InChI=1S/C22H24N2OS/c1-15-3-5-20(23-12-15)21(11-18-7-8-26-14-18)24-13-17-4-6-22-19(10-17)9-16(2)25-22/h3-8,10,12,14,16,21,24H,9,11,13H2,1-2H3/t16-,21-/m0/s1. The first-order chi connectivity index (χ1) is 12.7. The average Bonchev–Trinajstić information content (AvgIpc) is 3.27. The van der Waals surface area contributed by atoms with Crippen LogP contribution < -0.4 is 10.1 Å². The van der Waals surface area contributed by atoms with Gasteiger partial charge >= 0.3 is 0 Å². The first-order valence-corrected chi connectivity index (χ1v) is 10.1. The molecule has 4 heteroatoms. The Kier molecular flexibility index (Phi) is 5.05. The number of aromatic nitrogens is 1. The SMILES string of the molecule is Cc1ccc([C@H](Cc2ccsc2)NCc2ccc3c(c2)C[C@H](C)O3)nc1. The van der Waals surface area contributed by atoms with Crippen LogP contribution in [0.2, 0.25) is 0 Å². The van der Waals surface area contributed by atoms with Crippen LogP contribution in [-0.4, -0.2) is 11.1 Å². The molecule has 3 nitrogen and oxygen atoms in total. The van der Waals surface area contributed by atoms with Crippen molar-refractivity contribution in [2.75, 3.05) is 0 Å². The second kappa shape index (κ2) is 7.60. The van der Waals surface area contributed by atoms with Gasteiger partial charge in [0, 0.05) is 19.2 Å². The third kappa shape index (κ3) is 3.97. The van der Waals surface area contributed by atoms with E-state index >= 15 is 0 Å². The molecule has 0 unspecified atom stereocenters. The van der Waals surface area contributed by atoms with Gasteiger partial charge in [-0.05, 0) is 71.5 Å². The summed E-state index contributed by atoms with van der Waals surface area (Å²) in [6.45, 7) is 5.02. The summed E-state index contributed by atoms with van der Waals surface area (Å²) in [5, 5.41) is 8.07. The van der Waals surface area contributed by atoms with Crippen LogP contribution in [0.4, 0.5) is 0 Å². The Hall–Kier alpha value is -2.17. The van der Waals surface area contributed by atoms with Gasteiger partial charge in [0.05, 0.1) is 11.7 Å². The number of aryl methyl sites for hydroxylation is 1. The molecular weight excluding hydrogens is 340 g/mol. The van der Waals surface area contributed by atoms with Crippen molar-refractivity contribution < 1.29 is 4.74 Å². The zero-order valence-electron chi connectivity index (χ0n) is 15.2. The van der Waals surface area contributed by atoms with E-state index in [1.165, 1.54) is 22.3 Å². The summed E-state index contributed by atoms with van der Waals surface area (Å²) in [4.78, 5) is 4.66. The van der Waals surface area contributed by atoms with Crippen molar-refractivity contribution in [3.8, 4) is 5.75 Å². The number of nitrogens with zero attached hydrogens (tertiary/aromatic N) is 1. The molecule has 1 aliphatic rings. The summed E-state index contributed by atoms with van der Waals surface area (Å²) in [6.07, 6.45) is 4.19. The molecule has 0 fully saturated rings. The fraction of sp³-hybridized carbons (Fsp3) is 0.318. The molecule has 2 atom stereocenters. The molecule has 134 valence electrons. The van der Waals surface area contributed by atoms with Crippen LogP contribution in [0.25, 0.3) is 0 Å². The minimum atomic E-state index is 0.202. The van der Waals surface area contributed by atoms with Crippen LogP contribution in [0.5, 0.6) is 5.75 Å². The van der Waals surface area contributed by atoms with Crippen molar-refractivity contribution in [2.45, 2.75) is 45.4 Å². The summed E-state index contributed by atoms with van der Waals surface area (Å²) in [7, 11) is 0. The number of hydrogen-bond donors (Lipinski definition) is 1. The van der Waals surface area contributed by atoms with Gasteiger partial charge in [-0.25, -0.2) is 0 Å². The first-order valence-electron chi connectivity index (χ1n) is 9.13. The summed E-state index contributed by atoms with van der Waals surface area (Å²) in [5.74, 6) is 1.04. The van der Waals surface area contributed by atoms with Crippen molar-refractivity contribution in [3.05, 3.63) is 81.3 Å². The molecule has 0 aliphatic carbocycles. The lowest BCUT2D eigenvalue weighted by Crippen LogP contribution is -2.23. The number of fused-ring (bicyclic) bond motifs is 1. The highest BCUT2D eigenvalue weighted by Crippen LogP contribution is 2.29. The van der Waals surface area contributed by atoms with Crippen LogP contribution in [0.15, 0.2) is 53.4 Å². The molecule has 3 heterocycles. The van der Waals surface area contributed by atoms with E-state index in [9.17, 15) is 0 Å². The minimum absolute atomic E-state index is 0.202. The van der Waals surface area contributed by atoms with Gasteiger partial charge in [-0.15, -0.1) is 0 Å². The molecule has 1 N–H and O–H groups in total. The predicted octanol–water partition coefficient (Wildman–Crippen LogP) is 4.85. The normalized spacial score (nSPS) is 16.9. The molecule has 0 saturated heterocycles. The third-order valence-electron chi connectivity index (χ3n) is 4.82. The quantitative estimate of drug-likeness (QED) is 0.679. The zero-order valence-corrected chi connectivity index (χ0v) is 16.1. The number of pyridine rings is 1. The molecule has 0 bridgehead atoms. The lowest BCUT2D eigenvalue weighted by atomic mass is 10.0. The van der Waals surface area contributed by atoms with E-state index in [1.807, 2.05) is 6.20 Å². The highest BCUT2D eigenvalue weighted by molar-refractivity contribution is 7.07. The Balaban J connectivity index is 1.49. The van der Waals surface area contributed by atoms with Crippen molar-refractivity contribution in [1.82, 2.24) is 10.3 Å². The van der Waals surface area contributed by atoms with Crippen LogP contribution >= 0.6 is 11.3 Å². The maximum absolute atomic E-state index is 5.81. The van der Waals surface area contributed by atoms with Crippen molar-refractivity contribution in [2.24, 2.45) is 0 Å². The monoisotopic (exact) mass is 364 g/mol. The molecule has 4 rings (SSSR count). The van der Waals surface area contributed by atoms with Crippen LogP contribution in [0.1, 0.15) is 40.9 Å². The maximum Gasteiger partial charge on any atom is 0.123 e. The molecule has 0 spiro atoms. The Bertz CT molecular complexity index is 858. The second-order valence-corrected chi connectivity index (χ2v) is 7.88. The zero-order chi connectivity index (χ0) is 17.9. The average molecular weight is 365 g/mol. The molecule has 2 aromatic heterocycles. The fourth-order valence-corrected chi connectivity index (χ4v) is 4.12. The highest BCUT2D eigenvalue weighted by Gasteiger charge is 2.19. The van der Waals surface area contributed by atoms with Gasteiger partial charge in [-0.1, -0.05) is 18.2 Å². The second-order valence-electron chi connectivity index (χ2n) is 7.10. The smallest absolute Gasteiger partial charge is 0.123 e. The van der Waals surface area contributed by atoms with E-state index in [0.29, 0.717) is 0 Å². The van der Waals surface area contributed by atoms with Crippen LogP contribution in [0, 0.1) is 6.92 Å². The van der Waals surface area contributed by atoms with Crippen molar-refractivity contribution in [1.29, 1.82) is 0 Å². The highest BCUT2D eigenvalue weighted by atomic mass is 32.1. The Labute approximate surface area is 159 Å². The minimum Gasteiger partial charge on any atom is -0.490 e. The summed E-state index contributed by atoms with van der Waals surface area (Å²) >= 11 is 1.75. The summed E-state index contributed by atoms with van der Waals surface area (Å²) in [6, 6.07) is 13.2. The molecule has 0 amide bonds. The Morgan fingerprint density at radius 3 is 2.92 bits per heavy atom. The Morgan fingerprint density at radius 2 is 2.15 bits per heavy atom. The number of ether oxygens (including phenoxy) is 1. The van der Waals surface area contributed by atoms with Crippen molar-refractivity contribution in [3.63, 3.8) is 0 Å². The molecule has 3 aromatic rings. The third-order valence-corrected chi connectivity index (χ3v) is 5.56. The van der Waals surface area contributed by atoms with Crippen LogP contribution in [0.3, 0.4) is 0 Å². The van der Waals surface area contributed by atoms with Gasteiger partial charge < -0.3 is 10.1 Å². The van der Waals surface area contributed by atoms with Gasteiger partial charge in [-0.2, -0.15) is 11.3 Å². The number of nitrogens with one attached hydrogen (secondary N) is 1. The molecule has 0 radical (unpaired) electrons. The largest absolute Gasteiger partial charge is 0.490 e. The lowest BCUT2D eigenvalue weighted by Gasteiger charge is -2.18. The van der Waals surface area contributed by atoms with E-state index in [2.05, 4.69) is 71.3 Å². The van der Waals surface area contributed by atoms with Gasteiger partial charge in [0.15, 0.2) is 0 Å². The molecule has 0 saturated carbocycles. The van der Waals surface area contributed by atoms with E-state index in [1.54, 1.807) is 11.3 Å². The van der Waals surface area contributed by atoms with E-state index in [4.69, 9.17) is 4.74 Å². The topological polar surface area (TPSA) is 34.1 Å². The lowest BCUT2D eigenvalue weighted by molar-refractivity contribution is 0.254. The number of benzene rings is 1. The van der Waals surface area contributed by atoms with Crippen molar-refractivity contribution >= 4 is 11.3 Å². The van der Waals surface area contributed by atoms with Gasteiger partial charge in [0.2, 0.25) is 0 Å². The van der Waals surface area contributed by atoms with Gasteiger partial charge in [0.25, 0.3) is 0 Å². The molecular formula is C22H24N2OS. The van der Waals surface area contributed by atoms with Gasteiger partial charge in [-0.3, -0.25) is 4.98 Å². The molecule has 1 aromatic carbocycles. The molecule has 26 heavy (non-hydrogen) atoms. The summed E-state index contributed by atoms with van der Waals surface area (Å²) < 4.78 is 5.81. The predicted molar refractivity (Wildman–Crippen MR) is 107 cm³/mol. The van der Waals surface area contributed by atoms with E-state index in [-0.39, 0.29) is 12.1 Å². The Morgan fingerprint density at radius 1 is 1.23 bits per heavy atom. The molecule has 1 aliphatic heterocycles. The van der Waals surface area contributed by atoms with E-state index < -0.39 is 0 Å². The first kappa shape index (κ1) is 17.3. The fourth-order valence-electron chi connectivity index (χ4n) is 3.44. The number of hydrogen-bond acceptors (Lipinski definition) is 4. The number of rotatable bonds is 6. The van der Waals surface area contributed by atoms with Crippen LogP contribution in [-0.2, 0) is 19.4 Å². The van der Waals surface area contributed by atoms with Gasteiger partial charge in [0.1, 0.15) is 11.9 Å². The number of thiophene rings is 1. The maximum atomic E-state index is 5.81.